The molecule has 8 heteroatoms. The minimum atomic E-state index is -1.06. The Hall–Kier alpha value is -2.90. The molecule has 0 radical (unpaired) electrons. The first-order chi connectivity index (χ1) is 11.9. The van der Waals surface area contributed by atoms with E-state index >= 15 is 0 Å². The molecule has 1 aromatic carbocycles. The van der Waals surface area contributed by atoms with E-state index in [-0.39, 0.29) is 19.7 Å². The van der Waals surface area contributed by atoms with Crippen LogP contribution >= 0.6 is 0 Å². The second-order valence-electron chi connectivity index (χ2n) is 6.18. The monoisotopic (exact) mass is 344 g/mol. The molecule has 0 bridgehead atoms. The van der Waals surface area contributed by atoms with Crippen molar-refractivity contribution in [3.05, 3.63) is 41.0 Å². The van der Waals surface area contributed by atoms with Crippen molar-refractivity contribution in [1.82, 2.24) is 19.7 Å². The van der Waals surface area contributed by atoms with Crippen LogP contribution in [-0.4, -0.2) is 49.3 Å². The first-order valence-electron chi connectivity index (χ1n) is 7.98. The Morgan fingerprint density at radius 2 is 2.00 bits per heavy atom. The van der Waals surface area contributed by atoms with E-state index in [0.29, 0.717) is 17.4 Å². The van der Waals surface area contributed by atoms with E-state index in [4.69, 9.17) is 4.74 Å². The van der Waals surface area contributed by atoms with E-state index in [1.807, 2.05) is 26.0 Å². The highest BCUT2D eigenvalue weighted by Crippen LogP contribution is 2.20. The summed E-state index contributed by atoms with van der Waals surface area (Å²) in [6, 6.07) is 4.60. The standard InChI is InChI=1S/C17H20N4O4/c1-10-4-5-13(6-11(10)2)25-9-16(22)21-8-15-19-18-12(3)20(15)7-14(21)17(23)24/h4-6,14H,7-9H2,1-3H3,(H,23,24). The van der Waals surface area contributed by atoms with Crippen molar-refractivity contribution in [1.29, 1.82) is 0 Å². The third-order valence-corrected chi connectivity index (χ3v) is 4.50. The Labute approximate surface area is 145 Å². The molecule has 0 spiro atoms. The summed E-state index contributed by atoms with van der Waals surface area (Å²) in [6.07, 6.45) is 0. The number of ether oxygens (including phenoxy) is 1. The molecule has 3 rings (SSSR count). The Morgan fingerprint density at radius 1 is 1.24 bits per heavy atom. The Bertz CT molecular complexity index is 830. The van der Waals surface area contributed by atoms with Crippen molar-refractivity contribution < 1.29 is 19.4 Å². The summed E-state index contributed by atoms with van der Waals surface area (Å²) < 4.78 is 7.28. The van der Waals surface area contributed by atoms with Crippen LogP contribution in [-0.2, 0) is 22.7 Å². The van der Waals surface area contributed by atoms with Gasteiger partial charge in [0.25, 0.3) is 5.91 Å². The molecule has 8 nitrogen and oxygen atoms in total. The maximum atomic E-state index is 12.5. The number of carbonyl (C=O) groups is 2. The fraction of sp³-hybridized carbons (Fsp3) is 0.412. The van der Waals surface area contributed by atoms with Gasteiger partial charge in [0, 0.05) is 0 Å². The van der Waals surface area contributed by atoms with Crippen LogP contribution in [0.2, 0.25) is 0 Å². The summed E-state index contributed by atoms with van der Waals surface area (Å²) in [4.78, 5) is 25.4. The molecule has 1 N–H and O–H groups in total. The summed E-state index contributed by atoms with van der Waals surface area (Å²) >= 11 is 0. The molecule has 0 saturated carbocycles. The Kier molecular flexibility index (Phi) is 4.43. The number of fused-ring (bicyclic) bond motifs is 1. The molecular formula is C17H20N4O4. The number of hydrogen-bond acceptors (Lipinski definition) is 5. The lowest BCUT2D eigenvalue weighted by Gasteiger charge is -2.33. The van der Waals surface area contributed by atoms with Crippen molar-refractivity contribution in [2.24, 2.45) is 0 Å². The highest BCUT2D eigenvalue weighted by atomic mass is 16.5. The van der Waals surface area contributed by atoms with E-state index in [1.165, 1.54) is 4.90 Å². The normalized spacial score (nSPS) is 16.4. The fourth-order valence-corrected chi connectivity index (χ4v) is 2.82. The van der Waals surface area contributed by atoms with Gasteiger partial charge in [-0.15, -0.1) is 10.2 Å². The number of nitrogens with zero attached hydrogens (tertiary/aromatic N) is 4. The van der Waals surface area contributed by atoms with Crippen LogP contribution in [0.3, 0.4) is 0 Å². The van der Waals surface area contributed by atoms with E-state index in [2.05, 4.69) is 10.2 Å². The summed E-state index contributed by atoms with van der Waals surface area (Å²) in [5.74, 6) is 0.351. The zero-order valence-electron chi connectivity index (χ0n) is 14.4. The molecule has 0 saturated heterocycles. The van der Waals surface area contributed by atoms with Crippen LogP contribution in [0, 0.1) is 20.8 Å². The van der Waals surface area contributed by atoms with E-state index in [1.54, 1.807) is 17.6 Å². The number of carbonyl (C=O) groups excluding carboxylic acids is 1. The maximum Gasteiger partial charge on any atom is 0.328 e. The van der Waals surface area contributed by atoms with Gasteiger partial charge in [0.05, 0.1) is 13.1 Å². The van der Waals surface area contributed by atoms with E-state index in [9.17, 15) is 14.7 Å². The van der Waals surface area contributed by atoms with Crippen LogP contribution in [0.4, 0.5) is 0 Å². The van der Waals surface area contributed by atoms with Crippen molar-refractivity contribution in [3.8, 4) is 5.75 Å². The lowest BCUT2D eigenvalue weighted by molar-refractivity contribution is -0.153. The van der Waals surface area contributed by atoms with Gasteiger partial charge in [-0.2, -0.15) is 0 Å². The molecular weight excluding hydrogens is 324 g/mol. The number of carboxylic acid groups (broad SMARTS) is 1. The lowest BCUT2D eigenvalue weighted by atomic mass is 10.1. The average Bonchev–Trinajstić information content (AvgIpc) is 2.95. The molecule has 132 valence electrons. The molecule has 1 unspecified atom stereocenters. The van der Waals surface area contributed by atoms with Crippen LogP contribution < -0.4 is 4.74 Å². The first kappa shape index (κ1) is 16.9. The minimum Gasteiger partial charge on any atom is -0.484 e. The highest BCUT2D eigenvalue weighted by Gasteiger charge is 2.36. The molecule has 1 aromatic heterocycles. The molecule has 2 heterocycles. The Morgan fingerprint density at radius 3 is 2.68 bits per heavy atom. The number of aryl methyl sites for hydroxylation is 3. The molecule has 2 aromatic rings. The smallest absolute Gasteiger partial charge is 0.328 e. The van der Waals surface area contributed by atoms with Crippen LogP contribution in [0.15, 0.2) is 18.2 Å². The second kappa shape index (κ2) is 6.54. The zero-order chi connectivity index (χ0) is 18.1. The highest BCUT2D eigenvalue weighted by molar-refractivity contribution is 5.84. The predicted octanol–water partition coefficient (Wildman–Crippen LogP) is 1.08. The summed E-state index contributed by atoms with van der Waals surface area (Å²) in [5, 5.41) is 17.4. The van der Waals surface area contributed by atoms with Crippen molar-refractivity contribution in [3.63, 3.8) is 0 Å². The van der Waals surface area contributed by atoms with E-state index in [0.717, 1.165) is 11.1 Å². The van der Waals surface area contributed by atoms with Gasteiger partial charge in [0.1, 0.15) is 17.6 Å². The number of benzene rings is 1. The van der Waals surface area contributed by atoms with Crippen molar-refractivity contribution in [2.75, 3.05) is 6.61 Å². The molecule has 25 heavy (non-hydrogen) atoms. The zero-order valence-corrected chi connectivity index (χ0v) is 14.4. The van der Waals surface area contributed by atoms with Gasteiger partial charge in [-0.3, -0.25) is 4.79 Å². The number of hydrogen-bond donors (Lipinski definition) is 1. The van der Waals surface area contributed by atoms with Gasteiger partial charge >= 0.3 is 5.97 Å². The number of aromatic nitrogens is 3. The third-order valence-electron chi connectivity index (χ3n) is 4.50. The van der Waals surface area contributed by atoms with Crippen molar-refractivity contribution in [2.45, 2.75) is 39.9 Å². The molecule has 1 amide bonds. The van der Waals surface area contributed by atoms with Gasteiger partial charge in [0.15, 0.2) is 12.4 Å². The number of rotatable bonds is 4. The lowest BCUT2D eigenvalue weighted by Crippen LogP contribution is -2.52. The van der Waals surface area contributed by atoms with Gasteiger partial charge in [-0.25, -0.2) is 4.79 Å². The topological polar surface area (TPSA) is 97.5 Å². The van der Waals surface area contributed by atoms with Crippen LogP contribution in [0.5, 0.6) is 5.75 Å². The quantitative estimate of drug-likeness (QED) is 0.891. The first-order valence-corrected chi connectivity index (χ1v) is 7.98. The second-order valence-corrected chi connectivity index (χ2v) is 6.18. The SMILES string of the molecule is Cc1ccc(OCC(=O)N2Cc3nnc(C)n3CC2C(=O)O)cc1C. The van der Waals surface area contributed by atoms with Gasteiger partial charge in [0.2, 0.25) is 0 Å². The van der Waals surface area contributed by atoms with Gasteiger partial charge < -0.3 is 19.3 Å². The van der Waals surface area contributed by atoms with Crippen LogP contribution in [0.1, 0.15) is 22.8 Å². The van der Waals surface area contributed by atoms with Gasteiger partial charge in [-0.05, 0) is 44.0 Å². The average molecular weight is 344 g/mol. The summed E-state index contributed by atoms with van der Waals surface area (Å²) in [5.41, 5.74) is 2.20. The molecule has 0 aliphatic carbocycles. The predicted molar refractivity (Wildman–Crippen MR) is 88.1 cm³/mol. The molecule has 1 aliphatic heterocycles. The number of amides is 1. The minimum absolute atomic E-state index is 0.104. The van der Waals surface area contributed by atoms with Crippen LogP contribution in [0.25, 0.3) is 0 Å². The largest absolute Gasteiger partial charge is 0.484 e. The summed E-state index contributed by atoms with van der Waals surface area (Å²) in [6.45, 7) is 5.73. The summed E-state index contributed by atoms with van der Waals surface area (Å²) in [7, 11) is 0. The van der Waals surface area contributed by atoms with E-state index < -0.39 is 17.9 Å². The number of aliphatic carboxylic acids is 1. The fourth-order valence-electron chi connectivity index (χ4n) is 2.82. The third kappa shape index (κ3) is 3.33. The van der Waals surface area contributed by atoms with Crippen molar-refractivity contribution >= 4 is 11.9 Å². The molecule has 1 aliphatic rings. The number of carboxylic acids is 1. The molecule has 0 fully saturated rings. The maximum absolute atomic E-state index is 12.5. The molecule has 1 atom stereocenters. The van der Waals surface area contributed by atoms with Gasteiger partial charge in [-0.1, -0.05) is 6.07 Å². The Balaban J connectivity index is 1.73.